The maximum atomic E-state index is 12.5. The highest BCUT2D eigenvalue weighted by Gasteiger charge is 2.28. The fourth-order valence-electron chi connectivity index (χ4n) is 7.99. The van der Waals surface area contributed by atoms with E-state index in [1.807, 2.05) is 0 Å². The van der Waals surface area contributed by atoms with Crippen molar-refractivity contribution in [2.75, 3.05) is 6.61 Å². The molecule has 56 heavy (non-hydrogen) atoms. The lowest BCUT2D eigenvalue weighted by molar-refractivity contribution is -0.132. The van der Waals surface area contributed by atoms with Crippen molar-refractivity contribution in [2.45, 2.75) is 295 Å². The van der Waals surface area contributed by atoms with Crippen LogP contribution >= 0.6 is 0 Å². The number of carbonyl (C=O) groups excluding carboxylic acids is 1. The summed E-state index contributed by atoms with van der Waals surface area (Å²) in [6.07, 6.45) is 51.1. The van der Waals surface area contributed by atoms with Crippen LogP contribution in [-0.2, 0) is 4.79 Å². The van der Waals surface area contributed by atoms with Gasteiger partial charge in [0.1, 0.15) is 12.2 Å². The van der Waals surface area contributed by atoms with E-state index >= 15 is 0 Å². The van der Waals surface area contributed by atoms with Gasteiger partial charge in [0.2, 0.25) is 5.91 Å². The highest BCUT2D eigenvalue weighted by Crippen LogP contribution is 2.17. The third kappa shape index (κ3) is 38.6. The van der Waals surface area contributed by atoms with Gasteiger partial charge in [-0.1, -0.05) is 244 Å². The third-order valence-electron chi connectivity index (χ3n) is 12.0. The molecule has 0 aliphatic rings. The Balaban J connectivity index is 3.67. The molecular formula is C50H99NO5. The van der Waals surface area contributed by atoms with Crippen molar-refractivity contribution in [1.29, 1.82) is 0 Å². The van der Waals surface area contributed by atoms with Crippen LogP contribution in [0.2, 0.25) is 0 Å². The Morgan fingerprint density at radius 1 is 0.429 bits per heavy atom. The molecule has 5 N–H and O–H groups in total. The number of hydrogen-bond donors (Lipinski definition) is 5. The van der Waals surface area contributed by atoms with Crippen molar-refractivity contribution in [3.8, 4) is 0 Å². The molecule has 0 saturated carbocycles. The van der Waals surface area contributed by atoms with Gasteiger partial charge in [-0.15, -0.1) is 0 Å². The van der Waals surface area contributed by atoms with Crippen LogP contribution < -0.4 is 5.32 Å². The van der Waals surface area contributed by atoms with Gasteiger partial charge in [0, 0.05) is 0 Å². The summed E-state index contributed by atoms with van der Waals surface area (Å²) < 4.78 is 0. The molecular weight excluding hydrogens is 695 g/mol. The standard InChI is InChI=1S/C50H99NO5/c1-3-5-7-9-11-13-15-17-19-21-23-25-27-29-31-33-35-37-39-41-43-47(53)49(55)46(45-52)51-50(56)48(54)44-42-40-38-36-34-32-30-28-26-24-22-20-18-16-14-12-10-8-6-4-2/h26,28,46-49,52-55H,3-25,27,29-45H2,1-2H3,(H,51,56)/b28-26-. The Kier molecular flexibility index (Phi) is 44.4. The molecule has 0 aromatic rings. The second-order valence-electron chi connectivity index (χ2n) is 17.5. The normalized spacial score (nSPS) is 14.0. The Morgan fingerprint density at radius 3 is 1.04 bits per heavy atom. The van der Waals surface area contributed by atoms with Crippen LogP contribution in [-0.4, -0.2) is 57.3 Å². The molecule has 0 aromatic heterocycles. The molecule has 0 radical (unpaired) electrons. The van der Waals surface area contributed by atoms with E-state index in [0.29, 0.717) is 12.8 Å². The molecule has 0 spiro atoms. The number of aliphatic hydroxyl groups is 4. The van der Waals surface area contributed by atoms with Crippen LogP contribution in [0.15, 0.2) is 12.2 Å². The second kappa shape index (κ2) is 45.1. The summed E-state index contributed by atoms with van der Waals surface area (Å²) in [4.78, 5) is 12.5. The van der Waals surface area contributed by atoms with E-state index in [1.165, 1.54) is 199 Å². The van der Waals surface area contributed by atoms with Crippen molar-refractivity contribution in [3.63, 3.8) is 0 Å². The highest BCUT2D eigenvalue weighted by molar-refractivity contribution is 5.80. The lowest BCUT2D eigenvalue weighted by Gasteiger charge is -2.27. The zero-order chi connectivity index (χ0) is 41.0. The predicted molar refractivity (Wildman–Crippen MR) is 242 cm³/mol. The molecule has 4 unspecified atom stereocenters. The minimum Gasteiger partial charge on any atom is -0.394 e. The van der Waals surface area contributed by atoms with Gasteiger partial charge in [0.25, 0.3) is 0 Å². The lowest BCUT2D eigenvalue weighted by Crippen LogP contribution is -2.53. The van der Waals surface area contributed by atoms with Crippen molar-refractivity contribution < 1.29 is 25.2 Å². The van der Waals surface area contributed by atoms with E-state index < -0.39 is 36.9 Å². The smallest absolute Gasteiger partial charge is 0.249 e. The van der Waals surface area contributed by atoms with E-state index in [-0.39, 0.29) is 0 Å². The maximum absolute atomic E-state index is 12.5. The molecule has 1 amide bonds. The van der Waals surface area contributed by atoms with Crippen LogP contribution in [0.5, 0.6) is 0 Å². The summed E-state index contributed by atoms with van der Waals surface area (Å²) in [5.74, 6) is -0.585. The van der Waals surface area contributed by atoms with Crippen molar-refractivity contribution in [3.05, 3.63) is 12.2 Å². The molecule has 0 bridgehead atoms. The first-order chi connectivity index (χ1) is 27.5. The van der Waals surface area contributed by atoms with Crippen LogP contribution in [0.3, 0.4) is 0 Å². The molecule has 0 fully saturated rings. The summed E-state index contributed by atoms with van der Waals surface area (Å²) in [6.45, 7) is 4.08. The fraction of sp³-hybridized carbons (Fsp3) is 0.940. The van der Waals surface area contributed by atoms with Gasteiger partial charge in [-0.25, -0.2) is 0 Å². The number of nitrogens with one attached hydrogen (secondary N) is 1. The molecule has 4 atom stereocenters. The summed E-state index contributed by atoms with van der Waals surface area (Å²) in [6, 6.07) is -0.985. The van der Waals surface area contributed by atoms with Crippen LogP contribution in [0.25, 0.3) is 0 Å². The Bertz CT molecular complexity index is 806. The summed E-state index contributed by atoms with van der Waals surface area (Å²) >= 11 is 0. The van der Waals surface area contributed by atoms with Crippen LogP contribution in [0.4, 0.5) is 0 Å². The summed E-state index contributed by atoms with van der Waals surface area (Å²) in [5, 5.41) is 43.9. The predicted octanol–water partition coefficient (Wildman–Crippen LogP) is 13.7. The number of rotatable bonds is 46. The Hall–Kier alpha value is -0.950. The molecule has 6 heteroatoms. The van der Waals surface area contributed by atoms with Gasteiger partial charge >= 0.3 is 0 Å². The quantitative estimate of drug-likeness (QED) is 0.0311. The monoisotopic (exact) mass is 794 g/mol. The lowest BCUT2D eigenvalue weighted by atomic mass is 9.99. The highest BCUT2D eigenvalue weighted by atomic mass is 16.3. The molecule has 334 valence electrons. The number of unbranched alkanes of at least 4 members (excludes halogenated alkanes) is 35. The zero-order valence-corrected chi connectivity index (χ0v) is 37.7. The molecule has 0 saturated heterocycles. The minimum absolute atomic E-state index is 0.365. The average Bonchev–Trinajstić information content (AvgIpc) is 3.20. The maximum Gasteiger partial charge on any atom is 0.249 e. The average molecular weight is 794 g/mol. The van der Waals surface area contributed by atoms with E-state index in [4.69, 9.17) is 0 Å². The van der Waals surface area contributed by atoms with Gasteiger partial charge in [0.05, 0.1) is 18.8 Å². The van der Waals surface area contributed by atoms with Gasteiger partial charge < -0.3 is 25.7 Å². The van der Waals surface area contributed by atoms with Gasteiger partial charge in [-0.05, 0) is 38.5 Å². The topological polar surface area (TPSA) is 110 Å². The molecule has 0 aromatic carbocycles. The van der Waals surface area contributed by atoms with Crippen LogP contribution in [0, 0.1) is 0 Å². The largest absolute Gasteiger partial charge is 0.394 e. The van der Waals surface area contributed by atoms with Crippen LogP contribution in [0.1, 0.15) is 271 Å². The molecule has 0 heterocycles. The SMILES string of the molecule is CCCCCCCCCCCC/C=C\CCCCCCCCC(O)C(=O)NC(CO)C(O)C(O)CCCCCCCCCCCCCCCCCCCCCC. The van der Waals surface area contributed by atoms with Gasteiger partial charge in [-0.3, -0.25) is 4.79 Å². The van der Waals surface area contributed by atoms with E-state index in [1.54, 1.807) is 0 Å². The van der Waals surface area contributed by atoms with E-state index in [2.05, 4.69) is 31.3 Å². The molecule has 6 nitrogen and oxygen atoms in total. The summed E-state index contributed by atoms with van der Waals surface area (Å²) in [5.41, 5.74) is 0. The first-order valence-corrected chi connectivity index (χ1v) is 25.1. The third-order valence-corrected chi connectivity index (χ3v) is 12.0. The first-order valence-electron chi connectivity index (χ1n) is 25.1. The van der Waals surface area contributed by atoms with Crippen molar-refractivity contribution in [2.24, 2.45) is 0 Å². The zero-order valence-electron chi connectivity index (χ0n) is 37.7. The number of allylic oxidation sites excluding steroid dienone is 2. The van der Waals surface area contributed by atoms with Gasteiger partial charge in [-0.2, -0.15) is 0 Å². The van der Waals surface area contributed by atoms with E-state index in [9.17, 15) is 25.2 Å². The Labute approximate surface area is 349 Å². The molecule has 0 aliphatic carbocycles. The van der Waals surface area contributed by atoms with Gasteiger partial charge in [0.15, 0.2) is 0 Å². The van der Waals surface area contributed by atoms with Crippen molar-refractivity contribution >= 4 is 5.91 Å². The fourth-order valence-corrected chi connectivity index (χ4v) is 7.99. The number of aliphatic hydroxyl groups excluding tert-OH is 4. The number of amides is 1. The molecule has 0 aliphatic heterocycles. The Morgan fingerprint density at radius 2 is 0.714 bits per heavy atom. The second-order valence-corrected chi connectivity index (χ2v) is 17.5. The number of hydrogen-bond acceptors (Lipinski definition) is 5. The minimum atomic E-state index is -1.26. The number of carbonyl (C=O) groups is 1. The first kappa shape index (κ1) is 55.0. The summed E-state index contributed by atoms with van der Waals surface area (Å²) in [7, 11) is 0. The van der Waals surface area contributed by atoms with Crippen molar-refractivity contribution in [1.82, 2.24) is 5.32 Å². The van der Waals surface area contributed by atoms with E-state index in [0.717, 1.165) is 44.9 Å². The molecule has 0 rings (SSSR count).